The van der Waals surface area contributed by atoms with Gasteiger partial charge in [-0.3, -0.25) is 19.6 Å². The molecule has 0 saturated heterocycles. The van der Waals surface area contributed by atoms with Crippen LogP contribution in [0.25, 0.3) is 0 Å². The molecular formula is C20H23Br5N2O4. The molecule has 6 nitrogen and oxygen atoms in total. The summed E-state index contributed by atoms with van der Waals surface area (Å²) >= 11 is 16.4. The molecule has 0 fully saturated rings. The highest BCUT2D eigenvalue weighted by molar-refractivity contribution is 9.11. The number of halogens is 5. The summed E-state index contributed by atoms with van der Waals surface area (Å²) in [5.74, 6) is -0.379. The highest BCUT2D eigenvalue weighted by atomic mass is 79.9. The van der Waals surface area contributed by atoms with Crippen molar-refractivity contribution in [1.29, 1.82) is 0 Å². The molecule has 2 rings (SSSR count). The quantitative estimate of drug-likeness (QED) is 0.235. The van der Waals surface area contributed by atoms with Crippen molar-refractivity contribution in [3.8, 4) is 0 Å². The van der Waals surface area contributed by atoms with Crippen molar-refractivity contribution in [2.24, 2.45) is 0 Å². The van der Waals surface area contributed by atoms with E-state index in [1.165, 1.54) is 5.56 Å². The molecule has 0 aromatic carbocycles. The highest BCUT2D eigenvalue weighted by Gasteiger charge is 2.08. The van der Waals surface area contributed by atoms with E-state index in [4.69, 9.17) is 4.74 Å². The summed E-state index contributed by atoms with van der Waals surface area (Å²) in [6.07, 6.45) is 8.01. The molecule has 31 heavy (non-hydrogen) atoms. The van der Waals surface area contributed by atoms with E-state index in [-0.39, 0.29) is 11.9 Å². The van der Waals surface area contributed by atoms with Crippen LogP contribution < -0.4 is 0 Å². The molecule has 2 heterocycles. The topological polar surface area (TPSA) is 78.4 Å². The first-order valence-electron chi connectivity index (χ1n) is 9.08. The molecule has 2 aromatic rings. The molecule has 2 aromatic heterocycles. The van der Waals surface area contributed by atoms with E-state index in [1.54, 1.807) is 38.6 Å². The lowest BCUT2D eigenvalue weighted by Crippen LogP contribution is -2.05. The molecule has 0 aliphatic rings. The van der Waals surface area contributed by atoms with Crippen LogP contribution in [0.5, 0.6) is 0 Å². The average molecular weight is 755 g/mol. The molecule has 0 radical (unpaired) electrons. The third kappa shape index (κ3) is 13.7. The van der Waals surface area contributed by atoms with Gasteiger partial charge in [0, 0.05) is 49.1 Å². The Morgan fingerprint density at radius 1 is 0.806 bits per heavy atom. The minimum absolute atomic E-state index is 0.173. The Kier molecular flexibility index (Phi) is 17.9. The number of hydrogen-bond acceptors (Lipinski definition) is 6. The van der Waals surface area contributed by atoms with Gasteiger partial charge in [0.25, 0.3) is 0 Å². The normalized spacial score (nSPS) is 9.55. The Balaban J connectivity index is 0.000000479. The zero-order valence-electron chi connectivity index (χ0n) is 17.3. The maximum atomic E-state index is 11.2. The standard InChI is InChI=1S/C10H11Br2NO2.C6H5Br2N.C4H7BrO2/c1-2-15-10(14)4-3-7-8(11)5-13-6-9(7)12;1-4-5(7)2-9-3-6(4)8;1-2-7-4(6)3-5/h5-6H,2-4H2,1H3;2-3H,1H3;2-3H2,1H3. The molecule has 0 aliphatic heterocycles. The number of hydrogen-bond donors (Lipinski definition) is 0. The Morgan fingerprint density at radius 3 is 1.58 bits per heavy atom. The summed E-state index contributed by atoms with van der Waals surface area (Å²) in [4.78, 5) is 29.3. The van der Waals surface area contributed by atoms with Crippen molar-refractivity contribution in [1.82, 2.24) is 9.97 Å². The van der Waals surface area contributed by atoms with Crippen molar-refractivity contribution in [3.63, 3.8) is 0 Å². The molecular weight excluding hydrogens is 732 g/mol. The molecule has 0 spiro atoms. The van der Waals surface area contributed by atoms with Crippen LogP contribution in [-0.4, -0.2) is 40.5 Å². The van der Waals surface area contributed by atoms with Crippen molar-refractivity contribution in [2.75, 3.05) is 18.5 Å². The number of rotatable bonds is 6. The monoisotopic (exact) mass is 750 g/mol. The molecule has 11 heteroatoms. The van der Waals surface area contributed by atoms with Gasteiger partial charge >= 0.3 is 11.9 Å². The average Bonchev–Trinajstić information content (AvgIpc) is 2.73. The summed E-state index contributed by atoms with van der Waals surface area (Å²) < 4.78 is 13.2. The lowest BCUT2D eigenvalue weighted by Gasteiger charge is -2.06. The fourth-order valence-electron chi connectivity index (χ4n) is 1.81. The van der Waals surface area contributed by atoms with Crippen molar-refractivity contribution < 1.29 is 19.1 Å². The van der Waals surface area contributed by atoms with Crippen molar-refractivity contribution in [3.05, 3.63) is 53.8 Å². The van der Waals surface area contributed by atoms with E-state index >= 15 is 0 Å². The van der Waals surface area contributed by atoms with Gasteiger partial charge in [0.15, 0.2) is 0 Å². The number of pyridine rings is 2. The molecule has 0 unspecified atom stereocenters. The van der Waals surface area contributed by atoms with Gasteiger partial charge in [-0.15, -0.1) is 0 Å². The van der Waals surface area contributed by atoms with Crippen LogP contribution in [0.1, 0.15) is 31.4 Å². The van der Waals surface area contributed by atoms with Gasteiger partial charge < -0.3 is 9.47 Å². The molecule has 0 saturated carbocycles. The first-order valence-corrected chi connectivity index (χ1v) is 13.4. The van der Waals surface area contributed by atoms with Crippen LogP contribution in [0, 0.1) is 6.92 Å². The van der Waals surface area contributed by atoms with Crippen LogP contribution in [0.2, 0.25) is 0 Å². The summed E-state index contributed by atoms with van der Waals surface area (Å²) in [7, 11) is 0. The van der Waals surface area contributed by atoms with Gasteiger partial charge in [-0.05, 0) is 102 Å². The van der Waals surface area contributed by atoms with Crippen LogP contribution >= 0.6 is 79.6 Å². The van der Waals surface area contributed by atoms with Crippen molar-refractivity contribution >= 4 is 91.6 Å². The number of carbonyl (C=O) groups is 2. The number of ether oxygens (including phenoxy) is 2. The lowest BCUT2D eigenvalue weighted by molar-refractivity contribution is -0.143. The van der Waals surface area contributed by atoms with E-state index < -0.39 is 0 Å². The first kappa shape index (κ1) is 30.6. The summed E-state index contributed by atoms with van der Waals surface area (Å²) in [6, 6.07) is 0. The number of alkyl halides is 1. The highest BCUT2D eigenvalue weighted by Crippen LogP contribution is 2.25. The van der Waals surface area contributed by atoms with Crippen LogP contribution in [0.4, 0.5) is 0 Å². The zero-order chi connectivity index (χ0) is 23.8. The number of nitrogens with zero attached hydrogens (tertiary/aromatic N) is 2. The van der Waals surface area contributed by atoms with Crippen molar-refractivity contribution in [2.45, 2.75) is 33.6 Å². The minimum Gasteiger partial charge on any atom is -0.466 e. The second kappa shape index (κ2) is 18.1. The summed E-state index contributed by atoms with van der Waals surface area (Å²) in [5, 5.41) is 0.292. The predicted octanol–water partition coefficient (Wildman–Crippen LogP) is 6.96. The Bertz CT molecular complexity index is 797. The van der Waals surface area contributed by atoms with E-state index in [2.05, 4.69) is 94.4 Å². The largest absolute Gasteiger partial charge is 0.466 e. The van der Waals surface area contributed by atoms with Gasteiger partial charge in [-0.25, -0.2) is 0 Å². The Morgan fingerprint density at radius 2 is 1.23 bits per heavy atom. The van der Waals surface area contributed by atoms with E-state index in [0.29, 0.717) is 31.4 Å². The third-order valence-corrected chi connectivity index (χ3v) is 6.77. The number of esters is 2. The number of carbonyl (C=O) groups excluding carboxylic acids is 2. The molecule has 0 atom stereocenters. The predicted molar refractivity (Wildman–Crippen MR) is 139 cm³/mol. The molecule has 0 aliphatic carbocycles. The fraction of sp³-hybridized carbons (Fsp3) is 0.400. The lowest BCUT2D eigenvalue weighted by atomic mass is 10.1. The van der Waals surface area contributed by atoms with E-state index in [0.717, 1.165) is 23.5 Å². The third-order valence-electron chi connectivity index (χ3n) is 3.34. The second-order valence-corrected chi connectivity index (χ2v) is 9.53. The molecule has 0 N–H and O–H groups in total. The SMILES string of the molecule is CCOC(=O)CBr.CCOC(=O)CCc1c(Br)cncc1Br.Cc1c(Br)cncc1Br. The second-order valence-electron chi connectivity index (χ2n) is 5.55. The van der Waals surface area contributed by atoms with E-state index in [1.807, 2.05) is 6.92 Å². The first-order chi connectivity index (χ1) is 14.7. The Hall–Kier alpha value is -0.360. The maximum Gasteiger partial charge on any atom is 0.316 e. The van der Waals surface area contributed by atoms with E-state index in [9.17, 15) is 9.59 Å². The zero-order valence-corrected chi connectivity index (χ0v) is 25.2. The maximum absolute atomic E-state index is 11.2. The van der Waals surface area contributed by atoms with Crippen LogP contribution in [-0.2, 0) is 25.5 Å². The smallest absolute Gasteiger partial charge is 0.316 e. The summed E-state index contributed by atoms with van der Waals surface area (Å²) in [6.45, 7) is 6.49. The fourth-order valence-corrected chi connectivity index (χ4v) is 4.23. The molecule has 0 amide bonds. The molecule has 0 bridgehead atoms. The van der Waals surface area contributed by atoms with Gasteiger partial charge in [-0.2, -0.15) is 0 Å². The minimum atomic E-state index is -0.206. The molecule has 172 valence electrons. The Labute approximate surface area is 224 Å². The van der Waals surface area contributed by atoms with Gasteiger partial charge in [0.05, 0.1) is 13.2 Å². The summed E-state index contributed by atoms with van der Waals surface area (Å²) in [5.41, 5.74) is 2.23. The van der Waals surface area contributed by atoms with Gasteiger partial charge in [0.2, 0.25) is 0 Å². The number of aromatic nitrogens is 2. The van der Waals surface area contributed by atoms with Crippen LogP contribution in [0.15, 0.2) is 42.7 Å². The van der Waals surface area contributed by atoms with Gasteiger partial charge in [-0.1, -0.05) is 15.9 Å². The van der Waals surface area contributed by atoms with Gasteiger partial charge in [0.1, 0.15) is 5.33 Å². The van der Waals surface area contributed by atoms with Crippen LogP contribution in [0.3, 0.4) is 0 Å².